The largest absolute Gasteiger partial charge is 0.449 e. The number of ether oxygens (including phenoxy) is 1. The lowest BCUT2D eigenvalue weighted by molar-refractivity contribution is -0.115. The first-order valence-corrected chi connectivity index (χ1v) is 9.77. The van der Waals surface area contributed by atoms with Crippen molar-refractivity contribution in [2.75, 3.05) is 18.4 Å². The highest BCUT2D eigenvalue weighted by molar-refractivity contribution is 6.30. The zero-order chi connectivity index (χ0) is 19.7. The third-order valence-corrected chi connectivity index (χ3v) is 5.41. The molecular weight excluding hydrogens is 376 g/mol. The van der Waals surface area contributed by atoms with E-state index in [1.54, 1.807) is 36.4 Å². The van der Waals surface area contributed by atoms with E-state index in [0.717, 1.165) is 31.5 Å². The molecule has 6 heteroatoms. The van der Waals surface area contributed by atoms with Gasteiger partial charge in [-0.2, -0.15) is 0 Å². The molecule has 2 aromatic rings. The van der Waals surface area contributed by atoms with Crippen LogP contribution in [0.1, 0.15) is 35.7 Å². The summed E-state index contributed by atoms with van der Waals surface area (Å²) < 4.78 is 5.76. The topological polar surface area (TPSA) is 58.6 Å². The predicted molar refractivity (Wildman–Crippen MR) is 109 cm³/mol. The molecular formula is C22H21ClN2O3. The van der Waals surface area contributed by atoms with Gasteiger partial charge in [-0.3, -0.25) is 9.59 Å². The summed E-state index contributed by atoms with van der Waals surface area (Å²) in [5.74, 6) is 1.01. The van der Waals surface area contributed by atoms with Crippen molar-refractivity contribution in [1.29, 1.82) is 0 Å². The molecule has 1 N–H and O–H groups in total. The molecule has 2 aliphatic heterocycles. The van der Waals surface area contributed by atoms with Gasteiger partial charge < -0.3 is 15.0 Å². The Bertz CT molecular complexity index is 945. The Morgan fingerprint density at radius 2 is 1.89 bits per heavy atom. The van der Waals surface area contributed by atoms with Crippen LogP contribution in [0, 0.1) is 5.92 Å². The van der Waals surface area contributed by atoms with Gasteiger partial charge in [0.25, 0.3) is 11.8 Å². The van der Waals surface area contributed by atoms with E-state index in [0.29, 0.717) is 27.9 Å². The van der Waals surface area contributed by atoms with Crippen LogP contribution in [0.4, 0.5) is 5.69 Å². The maximum absolute atomic E-state index is 12.8. The molecule has 144 valence electrons. The van der Waals surface area contributed by atoms with Crippen LogP contribution >= 0.6 is 11.6 Å². The Hall–Kier alpha value is -2.79. The van der Waals surface area contributed by atoms with E-state index in [4.69, 9.17) is 16.3 Å². The number of carbonyl (C=O) groups excluding carboxylic acids is 2. The molecule has 0 radical (unpaired) electrons. The Balaban J connectivity index is 1.53. The van der Waals surface area contributed by atoms with Crippen molar-refractivity contribution < 1.29 is 14.3 Å². The summed E-state index contributed by atoms with van der Waals surface area (Å²) in [7, 11) is 0. The van der Waals surface area contributed by atoms with Gasteiger partial charge in [0, 0.05) is 23.7 Å². The minimum absolute atomic E-state index is 0.00791. The second kappa shape index (κ2) is 7.68. The monoisotopic (exact) mass is 396 g/mol. The molecule has 0 aromatic heterocycles. The SMILES string of the molecule is CC1CCN(C(=O)c2ccc3c(c2)NC(=O)/C(=C/c2ccc(Cl)cc2)O3)CC1. The fraction of sp³-hybridized carbons (Fsp3) is 0.273. The van der Waals surface area contributed by atoms with E-state index in [2.05, 4.69) is 12.2 Å². The van der Waals surface area contributed by atoms with Gasteiger partial charge >= 0.3 is 0 Å². The first-order chi connectivity index (χ1) is 13.5. The zero-order valence-electron chi connectivity index (χ0n) is 15.6. The molecule has 2 amide bonds. The first-order valence-electron chi connectivity index (χ1n) is 9.39. The summed E-state index contributed by atoms with van der Waals surface area (Å²) in [6, 6.07) is 12.3. The van der Waals surface area contributed by atoms with E-state index in [1.165, 1.54) is 0 Å². The van der Waals surface area contributed by atoms with Crippen LogP contribution in [0.15, 0.2) is 48.2 Å². The van der Waals surface area contributed by atoms with Crippen molar-refractivity contribution >= 4 is 35.2 Å². The number of halogens is 1. The van der Waals surface area contributed by atoms with Crippen LogP contribution in [0.3, 0.4) is 0 Å². The standard InChI is InChI=1S/C22H21ClN2O3/c1-14-8-10-25(11-9-14)22(27)16-4-7-19-18(13-16)24-21(26)20(28-19)12-15-2-5-17(23)6-3-15/h2-7,12-14H,8-11H2,1H3,(H,24,26)/b20-12-. The number of benzene rings is 2. The zero-order valence-corrected chi connectivity index (χ0v) is 16.3. The molecule has 0 spiro atoms. The molecule has 2 heterocycles. The van der Waals surface area contributed by atoms with Gasteiger partial charge in [-0.1, -0.05) is 30.7 Å². The quantitative estimate of drug-likeness (QED) is 0.755. The smallest absolute Gasteiger partial charge is 0.291 e. The molecule has 5 nitrogen and oxygen atoms in total. The number of nitrogens with zero attached hydrogens (tertiary/aromatic N) is 1. The highest BCUT2D eigenvalue weighted by Gasteiger charge is 2.26. The van der Waals surface area contributed by atoms with Crippen LogP contribution in [0.25, 0.3) is 6.08 Å². The molecule has 0 atom stereocenters. The summed E-state index contributed by atoms with van der Waals surface area (Å²) in [5, 5.41) is 3.44. The Morgan fingerprint density at radius 3 is 2.61 bits per heavy atom. The molecule has 1 saturated heterocycles. The molecule has 0 aliphatic carbocycles. The van der Waals surface area contributed by atoms with Gasteiger partial charge in [-0.25, -0.2) is 0 Å². The molecule has 2 aliphatic rings. The second-order valence-electron chi connectivity index (χ2n) is 7.30. The van der Waals surface area contributed by atoms with E-state index in [-0.39, 0.29) is 17.6 Å². The maximum Gasteiger partial charge on any atom is 0.291 e. The fourth-order valence-electron chi connectivity index (χ4n) is 3.40. The number of anilines is 1. The highest BCUT2D eigenvalue weighted by atomic mass is 35.5. The summed E-state index contributed by atoms with van der Waals surface area (Å²) in [4.78, 5) is 27.1. The fourth-order valence-corrected chi connectivity index (χ4v) is 3.52. The number of rotatable bonds is 2. The van der Waals surface area contributed by atoms with Crippen molar-refractivity contribution in [3.05, 3.63) is 64.4 Å². The summed E-state index contributed by atoms with van der Waals surface area (Å²) in [6.07, 6.45) is 3.70. The van der Waals surface area contributed by atoms with Crippen LogP contribution < -0.4 is 10.1 Å². The molecule has 28 heavy (non-hydrogen) atoms. The van der Waals surface area contributed by atoms with Crippen molar-refractivity contribution in [2.45, 2.75) is 19.8 Å². The molecule has 2 aromatic carbocycles. The highest BCUT2D eigenvalue weighted by Crippen LogP contribution is 2.33. The van der Waals surface area contributed by atoms with Gasteiger partial charge in [0.05, 0.1) is 5.69 Å². The molecule has 0 saturated carbocycles. The van der Waals surface area contributed by atoms with E-state index in [9.17, 15) is 9.59 Å². The Morgan fingerprint density at radius 1 is 1.18 bits per heavy atom. The molecule has 4 rings (SSSR count). The van der Waals surface area contributed by atoms with Crippen molar-refractivity contribution in [3.8, 4) is 5.75 Å². The molecule has 1 fully saturated rings. The Labute approximate surface area is 168 Å². The summed E-state index contributed by atoms with van der Waals surface area (Å²) >= 11 is 5.89. The van der Waals surface area contributed by atoms with E-state index < -0.39 is 0 Å². The molecule has 0 bridgehead atoms. The van der Waals surface area contributed by atoms with Crippen LogP contribution in [-0.4, -0.2) is 29.8 Å². The van der Waals surface area contributed by atoms with Gasteiger partial charge in [-0.15, -0.1) is 0 Å². The van der Waals surface area contributed by atoms with E-state index >= 15 is 0 Å². The number of hydrogen-bond donors (Lipinski definition) is 1. The lowest BCUT2D eigenvalue weighted by Gasteiger charge is -2.30. The number of likely N-dealkylation sites (tertiary alicyclic amines) is 1. The minimum atomic E-state index is -0.348. The average Bonchev–Trinajstić information content (AvgIpc) is 2.70. The van der Waals surface area contributed by atoms with Crippen molar-refractivity contribution in [3.63, 3.8) is 0 Å². The van der Waals surface area contributed by atoms with Crippen molar-refractivity contribution in [2.24, 2.45) is 5.92 Å². The first kappa shape index (κ1) is 18.6. The van der Waals surface area contributed by atoms with Gasteiger partial charge in [0.15, 0.2) is 11.5 Å². The third kappa shape index (κ3) is 3.90. The number of fused-ring (bicyclic) bond motifs is 1. The number of piperidine rings is 1. The third-order valence-electron chi connectivity index (χ3n) is 5.16. The summed E-state index contributed by atoms with van der Waals surface area (Å²) in [5.41, 5.74) is 1.88. The van der Waals surface area contributed by atoms with Crippen LogP contribution in [0.5, 0.6) is 5.75 Å². The van der Waals surface area contributed by atoms with Gasteiger partial charge in [-0.05, 0) is 60.7 Å². The predicted octanol–water partition coefficient (Wildman–Crippen LogP) is 4.58. The number of nitrogens with one attached hydrogen (secondary N) is 1. The number of carbonyl (C=O) groups is 2. The maximum atomic E-state index is 12.8. The Kier molecular flexibility index (Phi) is 5.09. The lowest BCUT2D eigenvalue weighted by atomic mass is 9.98. The number of amides is 2. The van der Waals surface area contributed by atoms with Crippen molar-refractivity contribution in [1.82, 2.24) is 4.90 Å². The number of hydrogen-bond acceptors (Lipinski definition) is 3. The lowest BCUT2D eigenvalue weighted by Crippen LogP contribution is -2.38. The summed E-state index contributed by atoms with van der Waals surface area (Å²) in [6.45, 7) is 3.75. The van der Waals surface area contributed by atoms with E-state index in [1.807, 2.05) is 17.0 Å². The minimum Gasteiger partial charge on any atom is -0.449 e. The normalized spacial score (nSPS) is 18.4. The average molecular weight is 397 g/mol. The van der Waals surface area contributed by atoms with Gasteiger partial charge in [0.2, 0.25) is 0 Å². The van der Waals surface area contributed by atoms with Crippen LogP contribution in [0.2, 0.25) is 5.02 Å². The second-order valence-corrected chi connectivity index (χ2v) is 7.74. The molecule has 0 unspecified atom stereocenters. The van der Waals surface area contributed by atoms with Gasteiger partial charge in [0.1, 0.15) is 0 Å². The van der Waals surface area contributed by atoms with Crippen LogP contribution in [-0.2, 0) is 4.79 Å².